The van der Waals surface area contributed by atoms with Crippen molar-refractivity contribution >= 4 is 11.4 Å². The van der Waals surface area contributed by atoms with Crippen molar-refractivity contribution in [3.63, 3.8) is 0 Å². The lowest BCUT2D eigenvalue weighted by Gasteiger charge is -2.32. The van der Waals surface area contributed by atoms with Gasteiger partial charge in [-0.05, 0) is 55.3 Å². The molecule has 3 aromatic rings. The highest BCUT2D eigenvalue weighted by Crippen LogP contribution is 2.33. The first kappa shape index (κ1) is 18.7. The minimum absolute atomic E-state index is 0.101. The lowest BCUT2D eigenvalue weighted by Crippen LogP contribution is -2.31. The van der Waals surface area contributed by atoms with E-state index in [1.54, 1.807) is 19.2 Å². The minimum Gasteiger partial charge on any atom is -0.503 e. The van der Waals surface area contributed by atoms with Gasteiger partial charge in [0.25, 0.3) is 5.43 Å². The lowest BCUT2D eigenvalue weighted by molar-refractivity contribution is 0.415. The van der Waals surface area contributed by atoms with Gasteiger partial charge < -0.3 is 14.7 Å². The van der Waals surface area contributed by atoms with Gasteiger partial charge in [0.2, 0.25) is 5.43 Å². The Morgan fingerprint density at radius 2 is 1.52 bits per heavy atom. The Hall–Kier alpha value is -3.08. The van der Waals surface area contributed by atoms with Crippen LogP contribution in [0.2, 0.25) is 0 Å². The van der Waals surface area contributed by atoms with E-state index in [1.165, 1.54) is 0 Å². The van der Waals surface area contributed by atoms with Crippen LogP contribution in [0.4, 0.5) is 11.4 Å². The highest BCUT2D eigenvalue weighted by molar-refractivity contribution is 5.76. The summed E-state index contributed by atoms with van der Waals surface area (Å²) in [6.07, 6.45) is 2.08. The third-order valence-electron chi connectivity index (χ3n) is 4.82. The first-order chi connectivity index (χ1) is 13.0. The number of hydrogen-bond acceptors (Lipinski definition) is 5. The van der Waals surface area contributed by atoms with Crippen LogP contribution in [0.15, 0.2) is 58.1 Å². The number of methoxy groups -OCH3 is 1. The Balaban J connectivity index is 1.97. The molecule has 5 heteroatoms. The highest BCUT2D eigenvalue weighted by atomic mass is 16.5. The molecule has 0 radical (unpaired) electrons. The van der Waals surface area contributed by atoms with Crippen molar-refractivity contribution in [2.45, 2.75) is 32.7 Å². The van der Waals surface area contributed by atoms with Crippen LogP contribution in [0, 0.1) is 0 Å². The molecule has 0 bridgehead atoms. The maximum Gasteiger partial charge on any atom is 0.268 e. The van der Waals surface area contributed by atoms with E-state index in [-0.39, 0.29) is 11.6 Å². The Labute approximate surface area is 158 Å². The summed E-state index contributed by atoms with van der Waals surface area (Å²) in [4.78, 5) is 25.2. The van der Waals surface area contributed by atoms with Crippen LogP contribution in [-0.4, -0.2) is 18.3 Å². The largest absolute Gasteiger partial charge is 0.503 e. The molecule has 0 saturated carbocycles. The van der Waals surface area contributed by atoms with Gasteiger partial charge >= 0.3 is 0 Å². The number of ether oxygens (including phenoxy) is 1. The van der Waals surface area contributed by atoms with Crippen molar-refractivity contribution in [3.05, 3.63) is 69.0 Å². The molecule has 3 rings (SSSR count). The smallest absolute Gasteiger partial charge is 0.268 e. The second kappa shape index (κ2) is 7.66. The van der Waals surface area contributed by atoms with Gasteiger partial charge in [0.1, 0.15) is 5.75 Å². The first-order valence-corrected chi connectivity index (χ1v) is 9.04. The Morgan fingerprint density at radius 3 is 2.00 bits per heavy atom. The summed E-state index contributed by atoms with van der Waals surface area (Å²) >= 11 is 0. The van der Waals surface area contributed by atoms with Gasteiger partial charge in [-0.1, -0.05) is 25.5 Å². The van der Waals surface area contributed by atoms with Crippen LogP contribution < -0.4 is 20.5 Å². The van der Waals surface area contributed by atoms with Gasteiger partial charge in [0.05, 0.1) is 12.7 Å². The molecule has 1 atom stereocenters. The number of aromatic hydroxyl groups is 1. The molecule has 0 aromatic heterocycles. The molecule has 27 heavy (non-hydrogen) atoms. The van der Waals surface area contributed by atoms with Gasteiger partial charge in [-0.25, -0.2) is 0 Å². The summed E-state index contributed by atoms with van der Waals surface area (Å²) in [6.45, 7) is 4.32. The fraction of sp³-hybridized carbons (Fsp3) is 0.273. The van der Waals surface area contributed by atoms with E-state index in [4.69, 9.17) is 4.74 Å². The molecule has 1 N–H and O–H groups in total. The van der Waals surface area contributed by atoms with Crippen LogP contribution in [0.3, 0.4) is 0 Å². The predicted octanol–water partition coefficient (Wildman–Crippen LogP) is 3.99. The number of hydrogen-bond donors (Lipinski definition) is 1. The fourth-order valence-electron chi connectivity index (χ4n) is 3.38. The lowest BCUT2D eigenvalue weighted by atomic mass is 9.99. The number of nitrogens with zero attached hydrogens (tertiary/aromatic N) is 1. The Kier molecular flexibility index (Phi) is 5.31. The second-order valence-electron chi connectivity index (χ2n) is 6.63. The first-order valence-electron chi connectivity index (χ1n) is 9.04. The molecule has 0 fully saturated rings. The minimum atomic E-state index is -0.814. The molecule has 0 saturated heterocycles. The molecule has 1 unspecified atom stereocenters. The van der Waals surface area contributed by atoms with Crippen molar-refractivity contribution < 1.29 is 9.84 Å². The maximum absolute atomic E-state index is 11.7. The number of rotatable bonds is 7. The average Bonchev–Trinajstić information content (AvgIpc) is 2.70. The van der Waals surface area contributed by atoms with Crippen molar-refractivity contribution in [2.24, 2.45) is 0 Å². The van der Waals surface area contributed by atoms with E-state index in [1.807, 2.05) is 36.4 Å². The summed E-state index contributed by atoms with van der Waals surface area (Å²) in [5, 5.41) is 9.65. The summed E-state index contributed by atoms with van der Waals surface area (Å²) in [5.74, 6) is 0.354. The predicted molar refractivity (Wildman–Crippen MR) is 108 cm³/mol. The molecule has 0 heterocycles. The zero-order chi connectivity index (χ0) is 19.6. The normalized spacial score (nSPS) is 12.1. The van der Waals surface area contributed by atoms with E-state index in [0.29, 0.717) is 5.56 Å². The molecule has 3 aromatic carbocycles. The molecule has 5 nitrogen and oxygen atoms in total. The van der Waals surface area contributed by atoms with Crippen molar-refractivity contribution in [3.8, 4) is 22.6 Å². The van der Waals surface area contributed by atoms with Gasteiger partial charge in [0.15, 0.2) is 5.75 Å². The molecule has 140 valence electrons. The van der Waals surface area contributed by atoms with E-state index < -0.39 is 16.6 Å². The van der Waals surface area contributed by atoms with E-state index in [0.717, 1.165) is 30.0 Å². The van der Waals surface area contributed by atoms with Crippen LogP contribution in [0.5, 0.6) is 11.5 Å². The standard InChI is InChI=1S/C22H23NO4/c1-4-5-14(2)23(17-10-12-18(27-3)13-11-17)16-8-6-15(7-9-16)19-20(24)22(26)21(19)25/h6-14,24H,4-5H2,1-3H3. The summed E-state index contributed by atoms with van der Waals surface area (Å²) < 4.78 is 5.25. The van der Waals surface area contributed by atoms with Crippen molar-refractivity contribution in [1.82, 2.24) is 0 Å². The van der Waals surface area contributed by atoms with Gasteiger partial charge in [-0.2, -0.15) is 0 Å². The van der Waals surface area contributed by atoms with Crippen LogP contribution in [0.25, 0.3) is 11.1 Å². The molecular weight excluding hydrogens is 342 g/mol. The molecule has 0 aliphatic heterocycles. The van der Waals surface area contributed by atoms with Crippen LogP contribution >= 0.6 is 0 Å². The van der Waals surface area contributed by atoms with Gasteiger partial charge in [-0.15, -0.1) is 0 Å². The SMILES string of the molecule is CCCC(C)N(c1ccc(OC)cc1)c1ccc(-c2c(O)c(=O)c2=O)cc1. The maximum atomic E-state index is 11.7. The quantitative estimate of drug-likeness (QED) is 0.641. The Morgan fingerprint density at radius 1 is 0.963 bits per heavy atom. The van der Waals surface area contributed by atoms with E-state index >= 15 is 0 Å². The fourth-order valence-corrected chi connectivity index (χ4v) is 3.38. The summed E-state index contributed by atoms with van der Waals surface area (Å²) in [5.41, 5.74) is 1.23. The zero-order valence-electron chi connectivity index (χ0n) is 15.7. The molecule has 0 amide bonds. The zero-order valence-corrected chi connectivity index (χ0v) is 15.7. The van der Waals surface area contributed by atoms with E-state index in [2.05, 4.69) is 18.7 Å². The Bertz CT molecular complexity index is 983. The monoisotopic (exact) mass is 365 g/mol. The molecule has 0 spiro atoms. The van der Waals surface area contributed by atoms with Crippen molar-refractivity contribution in [1.29, 1.82) is 0 Å². The highest BCUT2D eigenvalue weighted by Gasteiger charge is 2.22. The molecule has 0 aliphatic carbocycles. The number of anilines is 2. The summed E-state index contributed by atoms with van der Waals surface area (Å²) in [7, 11) is 1.64. The van der Waals surface area contributed by atoms with Gasteiger partial charge in [0, 0.05) is 17.4 Å². The van der Waals surface area contributed by atoms with Gasteiger partial charge in [-0.3, -0.25) is 9.59 Å². The van der Waals surface area contributed by atoms with Crippen LogP contribution in [0.1, 0.15) is 26.7 Å². The van der Waals surface area contributed by atoms with Crippen molar-refractivity contribution in [2.75, 3.05) is 12.0 Å². The topological polar surface area (TPSA) is 66.8 Å². The molecular formula is C22H23NO4. The number of benzene rings is 2. The van der Waals surface area contributed by atoms with E-state index in [9.17, 15) is 14.7 Å². The summed E-state index contributed by atoms with van der Waals surface area (Å²) in [6, 6.07) is 15.5. The van der Waals surface area contributed by atoms with Crippen LogP contribution in [-0.2, 0) is 0 Å². The third-order valence-corrected chi connectivity index (χ3v) is 4.82. The average molecular weight is 365 g/mol. The third kappa shape index (κ3) is 3.45. The molecule has 0 aliphatic rings. The second-order valence-corrected chi connectivity index (χ2v) is 6.63.